The van der Waals surface area contributed by atoms with Crippen molar-refractivity contribution in [2.45, 2.75) is 57.5 Å². The van der Waals surface area contributed by atoms with E-state index in [0.717, 1.165) is 50.7 Å². The van der Waals surface area contributed by atoms with Gasteiger partial charge in [-0.1, -0.05) is 18.2 Å². The van der Waals surface area contributed by atoms with Crippen LogP contribution in [-0.4, -0.2) is 0 Å². The summed E-state index contributed by atoms with van der Waals surface area (Å²) in [5.41, 5.74) is -1.27. The van der Waals surface area contributed by atoms with E-state index in [-0.39, 0.29) is 5.92 Å². The van der Waals surface area contributed by atoms with Crippen LogP contribution in [0.15, 0.2) is 42.5 Å². The van der Waals surface area contributed by atoms with E-state index in [1.807, 2.05) is 13.0 Å². The molecule has 0 saturated heterocycles. The first kappa shape index (κ1) is 23.8. The quantitative estimate of drug-likeness (QED) is 0.320. The Hall–Kier alpha value is -2.88. The normalized spacial score (nSPS) is 19.2. The fraction of sp³-hybridized carbons (Fsp3) is 0.400. The van der Waals surface area contributed by atoms with E-state index in [9.17, 15) is 22.0 Å². The van der Waals surface area contributed by atoms with Gasteiger partial charge in [0.25, 0.3) is 0 Å². The summed E-state index contributed by atoms with van der Waals surface area (Å²) in [7, 11) is 0. The van der Waals surface area contributed by atoms with Gasteiger partial charge in [-0.05, 0) is 75.0 Å². The molecule has 32 heavy (non-hydrogen) atoms. The molecule has 1 fully saturated rings. The minimum absolute atomic E-state index is 0.104. The third kappa shape index (κ3) is 5.48. The van der Waals surface area contributed by atoms with Crippen molar-refractivity contribution in [2.75, 3.05) is 0 Å². The van der Waals surface area contributed by atoms with Crippen LogP contribution in [0.1, 0.15) is 68.1 Å². The fourth-order valence-electron chi connectivity index (χ4n) is 4.22. The minimum Gasteiger partial charge on any atom is -0.429 e. The summed E-state index contributed by atoms with van der Waals surface area (Å²) >= 11 is 0. The van der Waals surface area contributed by atoms with Crippen LogP contribution in [0.5, 0.6) is 5.75 Å². The zero-order valence-corrected chi connectivity index (χ0v) is 17.7. The Morgan fingerprint density at radius 2 is 1.69 bits per heavy atom. The van der Waals surface area contributed by atoms with Gasteiger partial charge in [-0.15, -0.1) is 0 Å². The average Bonchev–Trinajstić information content (AvgIpc) is 2.73. The van der Waals surface area contributed by atoms with Gasteiger partial charge in [-0.3, -0.25) is 0 Å². The van der Waals surface area contributed by atoms with Gasteiger partial charge < -0.3 is 4.74 Å². The van der Waals surface area contributed by atoms with E-state index >= 15 is 0 Å². The molecule has 0 spiro atoms. The lowest BCUT2D eigenvalue weighted by Crippen LogP contribution is -2.24. The lowest BCUT2D eigenvalue weighted by atomic mass is 9.77. The van der Waals surface area contributed by atoms with Crippen LogP contribution >= 0.6 is 0 Å². The number of allylic oxidation sites excluding steroid dienone is 2. The largest absolute Gasteiger partial charge is 0.429 e. The molecule has 0 aromatic heterocycles. The van der Waals surface area contributed by atoms with Crippen molar-refractivity contribution in [1.82, 2.24) is 0 Å². The smallest absolute Gasteiger partial charge is 0.429 e. The maximum atomic E-state index is 14.6. The molecule has 0 atom stereocenters. The third-order valence-corrected chi connectivity index (χ3v) is 5.98. The highest BCUT2D eigenvalue weighted by Crippen LogP contribution is 2.40. The molecule has 0 aliphatic heterocycles. The van der Waals surface area contributed by atoms with E-state index in [2.05, 4.69) is 10.8 Å². The van der Waals surface area contributed by atoms with Gasteiger partial charge in [-0.2, -0.15) is 14.0 Å². The number of nitriles is 1. The number of halogens is 5. The monoisotopic (exact) mass is 449 g/mol. The van der Waals surface area contributed by atoms with Crippen molar-refractivity contribution < 1.29 is 26.7 Å². The van der Waals surface area contributed by atoms with E-state index in [1.165, 1.54) is 12.1 Å². The van der Waals surface area contributed by atoms with Crippen molar-refractivity contribution in [2.24, 2.45) is 5.92 Å². The van der Waals surface area contributed by atoms with E-state index in [1.54, 1.807) is 0 Å². The second-order valence-electron chi connectivity index (χ2n) is 8.10. The average molecular weight is 449 g/mol. The lowest BCUT2D eigenvalue weighted by Gasteiger charge is -2.29. The summed E-state index contributed by atoms with van der Waals surface area (Å²) in [5, 5.41) is 8.66. The Morgan fingerprint density at radius 1 is 1.03 bits per heavy atom. The topological polar surface area (TPSA) is 33.0 Å². The highest BCUT2D eigenvalue weighted by molar-refractivity contribution is 5.38. The van der Waals surface area contributed by atoms with Gasteiger partial charge in [0, 0.05) is 12.1 Å². The van der Waals surface area contributed by atoms with Crippen LogP contribution < -0.4 is 4.74 Å². The highest BCUT2D eigenvalue weighted by atomic mass is 19.3. The van der Waals surface area contributed by atoms with Gasteiger partial charge >= 0.3 is 6.11 Å². The maximum Gasteiger partial charge on any atom is 0.429 e. The zero-order valence-electron chi connectivity index (χ0n) is 17.7. The van der Waals surface area contributed by atoms with Gasteiger partial charge in [0.15, 0.2) is 0 Å². The number of nitrogens with zero attached hydrogens (tertiary/aromatic N) is 1. The molecular formula is C25H24F5NO. The Morgan fingerprint density at radius 3 is 2.25 bits per heavy atom. The first-order chi connectivity index (χ1) is 15.2. The molecule has 1 saturated carbocycles. The summed E-state index contributed by atoms with van der Waals surface area (Å²) < 4.78 is 75.5. The Balaban J connectivity index is 1.70. The highest BCUT2D eigenvalue weighted by Gasteiger charge is 2.38. The molecule has 7 heteroatoms. The van der Waals surface area contributed by atoms with Crippen LogP contribution in [0.3, 0.4) is 0 Å². The van der Waals surface area contributed by atoms with Gasteiger partial charge in [0.2, 0.25) is 0 Å². The maximum absolute atomic E-state index is 14.6. The molecule has 0 bridgehead atoms. The van der Waals surface area contributed by atoms with Crippen LogP contribution in [-0.2, 0) is 6.11 Å². The Kier molecular flexibility index (Phi) is 7.55. The number of ether oxygens (including phenoxy) is 1. The van der Waals surface area contributed by atoms with Crippen molar-refractivity contribution >= 4 is 0 Å². The van der Waals surface area contributed by atoms with Crippen LogP contribution in [0.2, 0.25) is 0 Å². The first-order valence-corrected chi connectivity index (χ1v) is 10.6. The Labute approximate surface area is 184 Å². The third-order valence-electron chi connectivity index (χ3n) is 5.98. The molecular weight excluding hydrogens is 425 g/mol. The molecule has 2 aromatic rings. The molecule has 2 aromatic carbocycles. The molecule has 1 aliphatic rings. The predicted octanol–water partition coefficient (Wildman–Crippen LogP) is 7.73. The van der Waals surface area contributed by atoms with Gasteiger partial charge in [-0.25, -0.2) is 13.2 Å². The standard InChI is InChI=1S/C25H24F5NO/c1-2-3-4-5-16-6-8-17(9-7-16)18-10-11-21(24(28)12-18)25(29,30)32-19-13-22(26)20(15-31)23(27)14-19/h2-3,10-14,16-17H,4-9H2,1H3. The summed E-state index contributed by atoms with van der Waals surface area (Å²) in [5.74, 6) is -3.93. The van der Waals surface area contributed by atoms with Crippen LogP contribution in [0.4, 0.5) is 22.0 Å². The Bertz CT molecular complexity index is 996. The van der Waals surface area contributed by atoms with Crippen molar-refractivity contribution in [3.8, 4) is 11.8 Å². The first-order valence-electron chi connectivity index (χ1n) is 10.6. The number of alkyl halides is 2. The zero-order chi connectivity index (χ0) is 23.3. The van der Waals surface area contributed by atoms with Crippen molar-refractivity contribution in [1.29, 1.82) is 5.26 Å². The minimum atomic E-state index is -4.15. The van der Waals surface area contributed by atoms with E-state index < -0.39 is 40.4 Å². The molecule has 3 rings (SSSR count). The second kappa shape index (κ2) is 10.2. The molecule has 0 unspecified atom stereocenters. The number of hydrogen-bond acceptors (Lipinski definition) is 2. The second-order valence-corrected chi connectivity index (χ2v) is 8.10. The van der Waals surface area contributed by atoms with Crippen molar-refractivity contribution in [3.05, 3.63) is 76.6 Å². The van der Waals surface area contributed by atoms with Crippen LogP contribution in [0, 0.1) is 34.7 Å². The van der Waals surface area contributed by atoms with E-state index in [4.69, 9.17) is 5.26 Å². The predicted molar refractivity (Wildman–Crippen MR) is 111 cm³/mol. The van der Waals surface area contributed by atoms with Gasteiger partial charge in [0.05, 0.1) is 5.56 Å². The number of hydrogen-bond donors (Lipinski definition) is 0. The number of benzene rings is 2. The molecule has 2 nitrogen and oxygen atoms in total. The summed E-state index contributed by atoms with van der Waals surface area (Å²) in [6, 6.07) is 5.74. The van der Waals surface area contributed by atoms with Gasteiger partial charge in [0.1, 0.15) is 34.8 Å². The molecule has 0 radical (unpaired) electrons. The molecule has 0 N–H and O–H groups in total. The molecule has 0 heterocycles. The summed E-state index contributed by atoms with van der Waals surface area (Å²) in [4.78, 5) is 0. The SMILES string of the molecule is CC=CCCC1CCC(c2ccc(C(F)(F)Oc3cc(F)c(C#N)c(F)c3)c(F)c2)CC1. The van der Waals surface area contributed by atoms with Crippen molar-refractivity contribution in [3.63, 3.8) is 0 Å². The van der Waals surface area contributed by atoms with E-state index in [0.29, 0.717) is 23.6 Å². The molecule has 1 aliphatic carbocycles. The fourth-order valence-corrected chi connectivity index (χ4v) is 4.22. The summed E-state index contributed by atoms with van der Waals surface area (Å²) in [6.07, 6.45) is 5.95. The lowest BCUT2D eigenvalue weighted by molar-refractivity contribution is -0.187. The van der Waals surface area contributed by atoms with Crippen LogP contribution in [0.25, 0.3) is 0 Å². The number of rotatable bonds is 7. The molecule has 0 amide bonds. The summed E-state index contributed by atoms with van der Waals surface area (Å²) in [6.45, 7) is 1.99. The molecule has 170 valence electrons.